The monoisotopic (exact) mass is 400 g/mol. The first kappa shape index (κ1) is 8.90. The van der Waals surface area contributed by atoms with Crippen molar-refractivity contribution in [3.8, 4) is 11.5 Å². The van der Waals surface area contributed by atoms with E-state index in [4.69, 9.17) is 21.8 Å². The first-order valence-corrected chi connectivity index (χ1v) is 8.67. The summed E-state index contributed by atoms with van der Waals surface area (Å²) in [6, 6.07) is -4.66. The zero-order chi connectivity index (χ0) is 29.3. The van der Waals surface area contributed by atoms with Crippen LogP contribution in [0, 0.1) is 0 Å². The molecule has 1 N–H and O–H groups in total. The fourth-order valence-corrected chi connectivity index (χ4v) is 3.73. The Balaban J connectivity index is 1.79. The summed E-state index contributed by atoms with van der Waals surface area (Å²) in [5.41, 5.74) is -1.48. The molecule has 0 aliphatic carbocycles. The van der Waals surface area contributed by atoms with E-state index in [0.29, 0.717) is 10.6 Å². The molecule has 3 aromatic rings. The van der Waals surface area contributed by atoms with Gasteiger partial charge in [0, 0.05) is 36.8 Å². The number of carbonyl (C=O) groups excluding carboxylic acids is 2. The number of fused-ring (bicyclic) bond motifs is 5. The summed E-state index contributed by atoms with van der Waals surface area (Å²) in [4.78, 5) is 30.7. The third kappa shape index (κ3) is 2.24. The number of carbonyl (C=O) groups is 2. The van der Waals surface area contributed by atoms with E-state index >= 15 is 0 Å². The van der Waals surface area contributed by atoms with E-state index in [1.807, 2.05) is 0 Å². The van der Waals surface area contributed by atoms with Crippen molar-refractivity contribution in [1.82, 2.24) is 14.8 Å². The Hall–Kier alpha value is -3.48. The molecule has 7 heteroatoms. The normalized spacial score (nSPS) is 35.5. The molecule has 29 heavy (non-hydrogen) atoms. The van der Waals surface area contributed by atoms with Crippen LogP contribution in [-0.2, 0) is 16.0 Å². The average molecular weight is 400 g/mol. The molecule has 0 radical (unpaired) electrons. The summed E-state index contributed by atoms with van der Waals surface area (Å²) in [5.74, 6) is -2.39. The molecule has 2 aromatic carbocycles. The number of hydrogen-bond donors (Lipinski definition) is 1. The van der Waals surface area contributed by atoms with Crippen molar-refractivity contribution in [2.24, 2.45) is 0 Å². The van der Waals surface area contributed by atoms with Crippen molar-refractivity contribution in [3.63, 3.8) is 0 Å². The van der Waals surface area contributed by atoms with E-state index < -0.39 is 84.6 Å². The minimum Gasteiger partial charge on any atom is -0.454 e. The highest BCUT2D eigenvalue weighted by atomic mass is 16.7. The van der Waals surface area contributed by atoms with Crippen LogP contribution in [0.1, 0.15) is 37.9 Å². The number of benzene rings is 2. The van der Waals surface area contributed by atoms with Gasteiger partial charge in [-0.1, -0.05) is 24.2 Å². The van der Waals surface area contributed by atoms with Gasteiger partial charge in [0.2, 0.25) is 18.6 Å². The molecule has 0 saturated carbocycles. The van der Waals surface area contributed by atoms with Crippen LogP contribution in [0.5, 0.6) is 11.5 Å². The molecule has 0 unspecified atom stereocenters. The number of nitrogens with zero attached hydrogens (tertiary/aromatic N) is 2. The maximum Gasteiger partial charge on any atom is 0.245 e. The lowest BCUT2D eigenvalue weighted by molar-refractivity contribution is -0.157. The molecule has 7 nitrogen and oxygen atoms in total. The van der Waals surface area contributed by atoms with Crippen LogP contribution < -0.4 is 9.47 Å². The average Bonchev–Trinajstić information content (AvgIpc) is 3.52. The first-order chi connectivity index (χ1) is 18.5. The molecule has 6 rings (SSSR count). The second-order valence-electron chi connectivity index (χ2n) is 6.64. The molecule has 3 aliphatic rings. The maximum atomic E-state index is 13.8. The summed E-state index contributed by atoms with van der Waals surface area (Å²) in [7, 11) is 0. The van der Waals surface area contributed by atoms with Crippen LogP contribution in [-0.4, -0.2) is 52.9 Å². The quantitative estimate of drug-likeness (QED) is 0.680. The van der Waals surface area contributed by atoms with E-state index in [1.165, 1.54) is 18.2 Å². The summed E-state index contributed by atoms with van der Waals surface area (Å²) in [6.45, 7) is -4.45. The maximum absolute atomic E-state index is 13.8. The van der Waals surface area contributed by atoms with Crippen molar-refractivity contribution >= 4 is 22.7 Å². The van der Waals surface area contributed by atoms with E-state index in [2.05, 4.69) is 4.98 Å². The van der Waals surface area contributed by atoms with Crippen molar-refractivity contribution in [2.45, 2.75) is 18.4 Å². The van der Waals surface area contributed by atoms with Gasteiger partial charge in [-0.3, -0.25) is 9.59 Å². The number of rotatable bonds is 1. The van der Waals surface area contributed by atoms with Gasteiger partial charge < -0.3 is 24.3 Å². The van der Waals surface area contributed by atoms with Crippen LogP contribution in [0.3, 0.4) is 0 Å². The number of nitrogens with one attached hydrogen (secondary N) is 1. The van der Waals surface area contributed by atoms with Gasteiger partial charge in [-0.2, -0.15) is 0 Å². The van der Waals surface area contributed by atoms with Gasteiger partial charge in [0.25, 0.3) is 0 Å². The number of para-hydroxylation sites is 1. The molecular formula is C22H19N3O4. The van der Waals surface area contributed by atoms with Gasteiger partial charge in [0.05, 0.1) is 20.8 Å². The van der Waals surface area contributed by atoms with Gasteiger partial charge in [0.1, 0.15) is 6.02 Å². The number of aromatic nitrogens is 1. The molecule has 0 bridgehead atoms. The lowest BCUT2D eigenvalue weighted by atomic mass is 9.86. The van der Waals surface area contributed by atoms with Gasteiger partial charge in [-0.15, -0.1) is 0 Å². The van der Waals surface area contributed by atoms with Crippen LogP contribution in [0.25, 0.3) is 10.9 Å². The van der Waals surface area contributed by atoms with Gasteiger partial charge >= 0.3 is 0 Å². The summed E-state index contributed by atoms with van der Waals surface area (Å²) >= 11 is 0. The highest BCUT2D eigenvalue weighted by Crippen LogP contribution is 2.44. The second kappa shape index (κ2) is 5.76. The lowest BCUT2D eigenvalue weighted by Gasteiger charge is -2.46. The largest absolute Gasteiger partial charge is 0.454 e. The fourth-order valence-electron chi connectivity index (χ4n) is 3.73. The molecule has 4 heterocycles. The Morgan fingerprint density at radius 3 is 3.03 bits per heavy atom. The summed E-state index contributed by atoms with van der Waals surface area (Å²) < 4.78 is 104. The van der Waals surface area contributed by atoms with Crippen molar-refractivity contribution in [1.29, 1.82) is 0 Å². The Labute approximate surface area is 182 Å². The minimum absolute atomic E-state index is 0.101. The van der Waals surface area contributed by atoms with E-state index in [0.717, 1.165) is 0 Å². The zero-order valence-corrected chi connectivity index (χ0v) is 14.7. The number of piperazine rings is 1. The van der Waals surface area contributed by atoms with Crippen molar-refractivity contribution in [3.05, 3.63) is 59.2 Å². The number of aromatic amines is 1. The van der Waals surface area contributed by atoms with E-state index in [9.17, 15) is 12.3 Å². The van der Waals surface area contributed by atoms with Crippen LogP contribution in [0.15, 0.2) is 42.4 Å². The number of hydrogen-bond acceptors (Lipinski definition) is 4. The fraction of sp³-hybridized carbons (Fsp3) is 0.273. The molecule has 1 fully saturated rings. The number of H-pyrrole nitrogens is 1. The highest BCUT2D eigenvalue weighted by molar-refractivity contribution is 5.97. The standard InChI is InChI=1S/C22H19N3O4/c1-24-10-19(26)25-16(22(24)27)9-14-13-4-2-3-5-15(13)23-20(14)21(25)12-6-7-17-18(8-12)29-11-28-17/h2-8,16,21,23H,9-11H2,1H3/t16-,21-/m1/s1/i1D3,2D,3D,4D,5D,9D2,16D,21D. The van der Waals surface area contributed by atoms with E-state index in [-0.39, 0.29) is 28.5 Å². The Morgan fingerprint density at radius 2 is 2.14 bits per heavy atom. The Bertz CT molecular complexity index is 1670. The van der Waals surface area contributed by atoms with Crippen LogP contribution in [0.4, 0.5) is 0 Å². The van der Waals surface area contributed by atoms with Gasteiger partial charge in [0.15, 0.2) is 11.5 Å². The predicted molar refractivity (Wildman–Crippen MR) is 105 cm³/mol. The van der Waals surface area contributed by atoms with E-state index in [1.54, 1.807) is 0 Å². The Kier molecular flexibility index (Phi) is 1.77. The topological polar surface area (TPSA) is 74.9 Å². The summed E-state index contributed by atoms with van der Waals surface area (Å²) in [6.07, 6.45) is -3.27. The molecule has 2 amide bonds. The zero-order valence-electron chi connectivity index (χ0n) is 25.7. The third-order valence-corrected chi connectivity index (χ3v) is 5.00. The molecule has 0 spiro atoms. The van der Waals surface area contributed by atoms with Gasteiger partial charge in [-0.05, 0) is 29.3 Å². The van der Waals surface area contributed by atoms with Crippen molar-refractivity contribution < 1.29 is 34.1 Å². The minimum atomic E-state index is -3.38. The number of ether oxygens (including phenoxy) is 2. The molecular weight excluding hydrogens is 370 g/mol. The first-order valence-electron chi connectivity index (χ1n) is 14.2. The SMILES string of the molecule is [2H]c1c([2H])c([2H])c2c3c([nH]c2c1[2H])[C@@]([2H])(c1ccc2c(c1)OCO2)N1C(=O)CN(C([2H])([2H])[2H])C(=O)[C@@]1([2H])C3([2H])[2H]. The summed E-state index contributed by atoms with van der Waals surface area (Å²) in [5, 5.41) is -0.430. The van der Waals surface area contributed by atoms with Gasteiger partial charge in [-0.25, -0.2) is 0 Å². The Morgan fingerprint density at radius 1 is 1.28 bits per heavy atom. The molecule has 146 valence electrons. The highest BCUT2D eigenvalue weighted by Gasteiger charge is 2.47. The smallest absolute Gasteiger partial charge is 0.245 e. The van der Waals surface area contributed by atoms with Crippen molar-refractivity contribution in [2.75, 3.05) is 20.3 Å². The molecule has 2 atom stereocenters. The predicted octanol–water partition coefficient (Wildman–Crippen LogP) is 2.21. The number of likely N-dealkylation sites (N-methyl/N-ethyl adjacent to an activating group) is 1. The molecule has 1 saturated heterocycles. The molecule has 1 aromatic heterocycles. The lowest BCUT2D eigenvalue weighted by Crippen LogP contribution is -2.62. The molecule has 3 aliphatic heterocycles. The number of amides is 2. The van der Waals surface area contributed by atoms with Crippen LogP contribution in [0.2, 0.25) is 0 Å². The second-order valence-corrected chi connectivity index (χ2v) is 6.64. The third-order valence-electron chi connectivity index (χ3n) is 5.00. The van der Waals surface area contributed by atoms with Crippen LogP contribution >= 0.6 is 0 Å².